The summed E-state index contributed by atoms with van der Waals surface area (Å²) in [6.07, 6.45) is 3.38. The van der Waals surface area contributed by atoms with Gasteiger partial charge in [0.25, 0.3) is 0 Å². The van der Waals surface area contributed by atoms with E-state index in [2.05, 4.69) is 10.3 Å². The summed E-state index contributed by atoms with van der Waals surface area (Å²) in [6, 6.07) is 5.70. The molecule has 0 aliphatic heterocycles. The van der Waals surface area contributed by atoms with Gasteiger partial charge in [-0.3, -0.25) is 4.98 Å². The van der Waals surface area contributed by atoms with Crippen LogP contribution in [0.15, 0.2) is 35.0 Å². The van der Waals surface area contributed by atoms with Gasteiger partial charge in [-0.05, 0) is 32.0 Å². The Morgan fingerprint density at radius 1 is 1.44 bits per heavy atom. The molecule has 2 rings (SSSR count). The van der Waals surface area contributed by atoms with Crippen LogP contribution in [0.1, 0.15) is 30.0 Å². The molecule has 2 aromatic rings. The van der Waals surface area contributed by atoms with Gasteiger partial charge in [0, 0.05) is 11.8 Å². The van der Waals surface area contributed by atoms with Crippen molar-refractivity contribution >= 4 is 22.9 Å². The van der Waals surface area contributed by atoms with Gasteiger partial charge in [0.1, 0.15) is 16.5 Å². The zero-order valence-corrected chi connectivity index (χ0v) is 11.1. The van der Waals surface area contributed by atoms with Crippen LogP contribution in [0, 0.1) is 6.92 Å². The van der Waals surface area contributed by atoms with E-state index in [1.807, 2.05) is 26.0 Å². The SMILES string of the molecule is Cc1ccc(C(C)Nc2cnccc2C(N)=S)o1. The molecule has 5 heteroatoms. The van der Waals surface area contributed by atoms with Gasteiger partial charge in [0.2, 0.25) is 0 Å². The molecule has 2 heterocycles. The molecule has 0 saturated heterocycles. The van der Waals surface area contributed by atoms with Gasteiger partial charge >= 0.3 is 0 Å². The number of aromatic nitrogens is 1. The Bertz CT molecular complexity index is 565. The number of hydrogen-bond donors (Lipinski definition) is 2. The van der Waals surface area contributed by atoms with Crippen LogP contribution < -0.4 is 11.1 Å². The quantitative estimate of drug-likeness (QED) is 0.829. The molecule has 18 heavy (non-hydrogen) atoms. The fourth-order valence-corrected chi connectivity index (χ4v) is 1.89. The summed E-state index contributed by atoms with van der Waals surface area (Å²) in [5, 5.41) is 3.30. The first-order chi connectivity index (χ1) is 8.58. The lowest BCUT2D eigenvalue weighted by Crippen LogP contribution is -2.15. The van der Waals surface area contributed by atoms with Crippen LogP contribution in [0.2, 0.25) is 0 Å². The molecule has 4 nitrogen and oxygen atoms in total. The summed E-state index contributed by atoms with van der Waals surface area (Å²) < 4.78 is 5.57. The summed E-state index contributed by atoms with van der Waals surface area (Å²) >= 11 is 5.01. The number of pyridine rings is 1. The smallest absolute Gasteiger partial charge is 0.126 e. The average Bonchev–Trinajstić information content (AvgIpc) is 2.76. The van der Waals surface area contributed by atoms with E-state index >= 15 is 0 Å². The van der Waals surface area contributed by atoms with Gasteiger partial charge < -0.3 is 15.5 Å². The zero-order valence-electron chi connectivity index (χ0n) is 10.3. The Labute approximate surface area is 111 Å². The van der Waals surface area contributed by atoms with Crippen molar-refractivity contribution in [1.82, 2.24) is 4.98 Å². The molecule has 0 aliphatic carbocycles. The van der Waals surface area contributed by atoms with Crippen molar-refractivity contribution < 1.29 is 4.42 Å². The second kappa shape index (κ2) is 5.18. The highest BCUT2D eigenvalue weighted by atomic mass is 32.1. The van der Waals surface area contributed by atoms with E-state index in [1.54, 1.807) is 18.5 Å². The first kappa shape index (κ1) is 12.6. The van der Waals surface area contributed by atoms with Crippen molar-refractivity contribution in [2.45, 2.75) is 19.9 Å². The van der Waals surface area contributed by atoms with E-state index in [9.17, 15) is 0 Å². The molecule has 3 N–H and O–H groups in total. The van der Waals surface area contributed by atoms with E-state index in [0.29, 0.717) is 4.99 Å². The Morgan fingerprint density at radius 2 is 2.22 bits per heavy atom. The maximum atomic E-state index is 5.67. The second-order valence-electron chi connectivity index (χ2n) is 4.10. The van der Waals surface area contributed by atoms with E-state index < -0.39 is 0 Å². The minimum atomic E-state index is 0.0241. The lowest BCUT2D eigenvalue weighted by molar-refractivity contribution is 0.467. The Hall–Kier alpha value is -1.88. The topological polar surface area (TPSA) is 64.1 Å². The van der Waals surface area contributed by atoms with Crippen molar-refractivity contribution in [3.8, 4) is 0 Å². The number of thiocarbonyl (C=S) groups is 1. The molecule has 0 bridgehead atoms. The first-order valence-electron chi connectivity index (χ1n) is 5.64. The molecule has 0 radical (unpaired) electrons. The maximum absolute atomic E-state index is 5.67. The molecular weight excluding hydrogens is 246 g/mol. The average molecular weight is 261 g/mol. The number of anilines is 1. The van der Waals surface area contributed by atoms with Crippen LogP contribution in [-0.2, 0) is 0 Å². The highest BCUT2D eigenvalue weighted by Crippen LogP contribution is 2.22. The van der Waals surface area contributed by atoms with Crippen LogP contribution in [-0.4, -0.2) is 9.97 Å². The highest BCUT2D eigenvalue weighted by Gasteiger charge is 2.12. The first-order valence-corrected chi connectivity index (χ1v) is 6.05. The summed E-state index contributed by atoms with van der Waals surface area (Å²) in [5.41, 5.74) is 7.27. The number of nitrogens with two attached hydrogens (primary N) is 1. The lowest BCUT2D eigenvalue weighted by Gasteiger charge is -2.15. The third-order valence-corrected chi connectivity index (χ3v) is 2.87. The number of rotatable bonds is 4. The third-order valence-electron chi connectivity index (χ3n) is 2.65. The van der Waals surface area contributed by atoms with Crippen molar-refractivity contribution in [2.75, 3.05) is 5.32 Å². The van der Waals surface area contributed by atoms with Crippen molar-refractivity contribution in [3.63, 3.8) is 0 Å². The molecule has 0 saturated carbocycles. The number of furan rings is 1. The maximum Gasteiger partial charge on any atom is 0.126 e. The van der Waals surface area contributed by atoms with Crippen molar-refractivity contribution in [2.24, 2.45) is 5.73 Å². The summed E-state index contributed by atoms with van der Waals surface area (Å²) in [5.74, 6) is 1.75. The Kier molecular flexibility index (Phi) is 3.62. The fraction of sp³-hybridized carbons (Fsp3) is 0.231. The normalized spacial score (nSPS) is 12.1. The number of nitrogens with zero attached hydrogens (tertiary/aromatic N) is 1. The molecule has 0 aliphatic rings. The van der Waals surface area contributed by atoms with E-state index in [-0.39, 0.29) is 6.04 Å². The zero-order chi connectivity index (χ0) is 13.1. The number of nitrogens with one attached hydrogen (secondary N) is 1. The lowest BCUT2D eigenvalue weighted by atomic mass is 10.2. The summed E-state index contributed by atoms with van der Waals surface area (Å²) in [6.45, 7) is 3.93. The highest BCUT2D eigenvalue weighted by molar-refractivity contribution is 7.80. The molecular formula is C13H15N3OS. The largest absolute Gasteiger partial charge is 0.464 e. The molecule has 0 fully saturated rings. The minimum absolute atomic E-state index is 0.0241. The predicted octanol–water partition coefficient (Wildman–Crippen LogP) is 2.79. The Morgan fingerprint density at radius 3 is 2.83 bits per heavy atom. The van der Waals surface area contributed by atoms with Gasteiger partial charge in [0.05, 0.1) is 17.9 Å². The third kappa shape index (κ3) is 2.68. The van der Waals surface area contributed by atoms with Gasteiger partial charge in [-0.25, -0.2) is 0 Å². The fourth-order valence-electron chi connectivity index (χ4n) is 1.71. The summed E-state index contributed by atoms with van der Waals surface area (Å²) in [4.78, 5) is 4.42. The van der Waals surface area contributed by atoms with Crippen LogP contribution >= 0.6 is 12.2 Å². The molecule has 94 valence electrons. The van der Waals surface area contributed by atoms with Gasteiger partial charge in [-0.1, -0.05) is 12.2 Å². The summed E-state index contributed by atoms with van der Waals surface area (Å²) in [7, 11) is 0. The molecule has 0 aromatic carbocycles. The predicted molar refractivity (Wildman–Crippen MR) is 75.6 cm³/mol. The van der Waals surface area contributed by atoms with E-state index in [0.717, 1.165) is 22.8 Å². The Balaban J connectivity index is 2.21. The van der Waals surface area contributed by atoms with Crippen LogP contribution in [0.4, 0.5) is 5.69 Å². The monoisotopic (exact) mass is 261 g/mol. The van der Waals surface area contributed by atoms with E-state index in [1.165, 1.54) is 0 Å². The molecule has 0 spiro atoms. The minimum Gasteiger partial charge on any atom is -0.464 e. The van der Waals surface area contributed by atoms with Crippen molar-refractivity contribution in [3.05, 3.63) is 47.7 Å². The molecule has 1 atom stereocenters. The van der Waals surface area contributed by atoms with Crippen molar-refractivity contribution in [1.29, 1.82) is 0 Å². The van der Waals surface area contributed by atoms with Crippen LogP contribution in [0.25, 0.3) is 0 Å². The van der Waals surface area contributed by atoms with Crippen LogP contribution in [0.3, 0.4) is 0 Å². The van der Waals surface area contributed by atoms with Crippen LogP contribution in [0.5, 0.6) is 0 Å². The number of hydrogen-bond acceptors (Lipinski definition) is 4. The molecule has 1 unspecified atom stereocenters. The molecule has 0 amide bonds. The van der Waals surface area contributed by atoms with Gasteiger partial charge in [-0.15, -0.1) is 0 Å². The van der Waals surface area contributed by atoms with E-state index in [4.69, 9.17) is 22.4 Å². The van der Waals surface area contributed by atoms with Gasteiger partial charge in [-0.2, -0.15) is 0 Å². The number of aryl methyl sites for hydroxylation is 1. The van der Waals surface area contributed by atoms with Gasteiger partial charge in [0.15, 0.2) is 0 Å². The standard InChI is InChI=1S/C13H15N3OS/c1-8-3-4-12(17-8)9(2)16-11-7-15-6-5-10(11)13(14)18/h3-7,9,16H,1-2H3,(H2,14,18). The molecule has 2 aromatic heterocycles. The second-order valence-corrected chi connectivity index (χ2v) is 4.54.